The molecule has 1 aromatic carbocycles. The van der Waals surface area contributed by atoms with Crippen molar-refractivity contribution < 1.29 is 13.9 Å². The largest absolute Gasteiger partial charge is 0.448 e. The van der Waals surface area contributed by atoms with Crippen molar-refractivity contribution in [3.8, 4) is 0 Å². The standard InChI is InChI=1S/C17H21N5O3/c1-10-4-12(20-16(23)14-7-25-11(2)19-14)6-13(5-10)21-17(3)9-24-8-15(18)22-17/h4-7,21H,8-9H2,1-3H3,(H2,18,22)(H,20,23). The number of oxazole rings is 1. The summed E-state index contributed by atoms with van der Waals surface area (Å²) in [6.45, 7) is 6.27. The van der Waals surface area contributed by atoms with Crippen LogP contribution in [0.5, 0.6) is 0 Å². The molecule has 0 bridgehead atoms. The lowest BCUT2D eigenvalue weighted by atomic mass is 10.1. The monoisotopic (exact) mass is 343 g/mol. The van der Waals surface area contributed by atoms with Crippen LogP contribution in [0.1, 0.15) is 28.9 Å². The number of rotatable bonds is 4. The number of anilines is 2. The van der Waals surface area contributed by atoms with Gasteiger partial charge in [-0.15, -0.1) is 0 Å². The lowest BCUT2D eigenvalue weighted by Gasteiger charge is -2.31. The van der Waals surface area contributed by atoms with Gasteiger partial charge in [0.15, 0.2) is 17.2 Å². The highest BCUT2D eigenvalue weighted by atomic mass is 16.5. The van der Waals surface area contributed by atoms with Crippen molar-refractivity contribution in [2.45, 2.75) is 26.4 Å². The second-order valence-corrected chi connectivity index (χ2v) is 6.29. The number of ether oxygens (including phenoxy) is 1. The summed E-state index contributed by atoms with van der Waals surface area (Å²) in [5.41, 5.74) is 7.78. The fourth-order valence-corrected chi connectivity index (χ4v) is 2.70. The first-order chi connectivity index (χ1) is 11.8. The summed E-state index contributed by atoms with van der Waals surface area (Å²) < 4.78 is 10.5. The van der Waals surface area contributed by atoms with Gasteiger partial charge in [-0.25, -0.2) is 9.98 Å². The first kappa shape index (κ1) is 17.0. The average molecular weight is 343 g/mol. The molecule has 1 amide bonds. The average Bonchev–Trinajstić information content (AvgIpc) is 2.92. The summed E-state index contributed by atoms with van der Waals surface area (Å²) in [7, 11) is 0. The molecule has 0 spiro atoms. The van der Waals surface area contributed by atoms with E-state index in [4.69, 9.17) is 14.9 Å². The molecular formula is C17H21N5O3. The Labute approximate surface area is 145 Å². The maximum absolute atomic E-state index is 12.2. The second-order valence-electron chi connectivity index (χ2n) is 6.29. The highest BCUT2D eigenvalue weighted by molar-refractivity contribution is 6.02. The second kappa shape index (κ2) is 6.56. The molecule has 132 valence electrons. The molecule has 0 saturated carbocycles. The molecule has 1 aliphatic rings. The van der Waals surface area contributed by atoms with E-state index in [-0.39, 0.29) is 11.6 Å². The van der Waals surface area contributed by atoms with Gasteiger partial charge in [-0.05, 0) is 37.6 Å². The number of benzene rings is 1. The SMILES string of the molecule is Cc1cc(NC(=O)c2coc(C)n2)cc(NC2(C)COCC(N)=N2)c1. The van der Waals surface area contributed by atoms with E-state index >= 15 is 0 Å². The van der Waals surface area contributed by atoms with Crippen molar-refractivity contribution in [2.75, 3.05) is 23.8 Å². The van der Waals surface area contributed by atoms with Gasteiger partial charge in [0.05, 0.1) is 6.61 Å². The number of hydrogen-bond acceptors (Lipinski definition) is 7. The van der Waals surface area contributed by atoms with E-state index in [2.05, 4.69) is 20.6 Å². The summed E-state index contributed by atoms with van der Waals surface area (Å²) in [5.74, 6) is 0.559. The highest BCUT2D eigenvalue weighted by Gasteiger charge is 2.27. The van der Waals surface area contributed by atoms with Gasteiger partial charge in [0.25, 0.3) is 5.91 Å². The van der Waals surface area contributed by atoms with Gasteiger partial charge in [0.1, 0.15) is 18.7 Å². The minimum absolute atomic E-state index is 0.235. The molecule has 0 saturated heterocycles. The predicted molar refractivity (Wildman–Crippen MR) is 94.8 cm³/mol. The van der Waals surface area contributed by atoms with Gasteiger partial charge < -0.3 is 25.5 Å². The Morgan fingerprint density at radius 2 is 2.04 bits per heavy atom. The fourth-order valence-electron chi connectivity index (χ4n) is 2.70. The smallest absolute Gasteiger partial charge is 0.277 e. The van der Waals surface area contributed by atoms with Crippen LogP contribution in [0.4, 0.5) is 11.4 Å². The van der Waals surface area contributed by atoms with Crippen molar-refractivity contribution in [1.82, 2.24) is 4.98 Å². The number of aryl methyl sites for hydroxylation is 2. The van der Waals surface area contributed by atoms with Crippen LogP contribution in [0.25, 0.3) is 0 Å². The topological polar surface area (TPSA) is 115 Å². The first-order valence-corrected chi connectivity index (χ1v) is 7.88. The Morgan fingerprint density at radius 3 is 2.72 bits per heavy atom. The van der Waals surface area contributed by atoms with E-state index in [9.17, 15) is 4.79 Å². The van der Waals surface area contributed by atoms with Crippen LogP contribution >= 0.6 is 0 Å². The minimum Gasteiger partial charge on any atom is -0.448 e. The Bertz CT molecular complexity index is 829. The number of amides is 1. The normalized spacial score (nSPS) is 20.0. The number of carbonyl (C=O) groups is 1. The van der Waals surface area contributed by atoms with E-state index in [0.717, 1.165) is 11.3 Å². The molecule has 1 unspecified atom stereocenters. The zero-order valence-corrected chi connectivity index (χ0v) is 14.4. The zero-order valence-electron chi connectivity index (χ0n) is 14.4. The Hall–Kier alpha value is -2.87. The molecule has 2 heterocycles. The van der Waals surface area contributed by atoms with E-state index in [1.807, 2.05) is 32.0 Å². The lowest BCUT2D eigenvalue weighted by Crippen LogP contribution is -2.45. The molecule has 3 rings (SSSR count). The van der Waals surface area contributed by atoms with Gasteiger partial charge >= 0.3 is 0 Å². The van der Waals surface area contributed by atoms with Crippen LogP contribution < -0.4 is 16.4 Å². The molecular weight excluding hydrogens is 322 g/mol. The predicted octanol–water partition coefficient (Wildman–Crippen LogP) is 2.06. The third-order valence-corrected chi connectivity index (χ3v) is 3.62. The summed E-state index contributed by atoms with van der Waals surface area (Å²) in [6, 6.07) is 5.65. The molecule has 0 fully saturated rings. The molecule has 4 N–H and O–H groups in total. The number of aliphatic imine (C=N–C) groups is 1. The van der Waals surface area contributed by atoms with Crippen molar-refractivity contribution in [3.63, 3.8) is 0 Å². The van der Waals surface area contributed by atoms with Crippen molar-refractivity contribution in [2.24, 2.45) is 10.7 Å². The molecule has 1 atom stereocenters. The molecule has 25 heavy (non-hydrogen) atoms. The summed E-state index contributed by atoms with van der Waals surface area (Å²) in [4.78, 5) is 20.7. The van der Waals surface area contributed by atoms with Crippen molar-refractivity contribution in [3.05, 3.63) is 41.6 Å². The Morgan fingerprint density at radius 1 is 1.28 bits per heavy atom. The third kappa shape index (κ3) is 4.16. The molecule has 8 heteroatoms. The molecule has 1 aliphatic heterocycles. The van der Waals surface area contributed by atoms with Crippen LogP contribution in [0.2, 0.25) is 0 Å². The van der Waals surface area contributed by atoms with Gasteiger partial charge in [-0.2, -0.15) is 0 Å². The van der Waals surface area contributed by atoms with Crippen LogP contribution in [0.15, 0.2) is 33.9 Å². The lowest BCUT2D eigenvalue weighted by molar-refractivity contribution is 0.102. The van der Waals surface area contributed by atoms with Gasteiger partial charge in [-0.1, -0.05) is 0 Å². The zero-order chi connectivity index (χ0) is 18.0. The number of nitrogens with zero attached hydrogens (tertiary/aromatic N) is 2. The van der Waals surface area contributed by atoms with Crippen LogP contribution in [-0.2, 0) is 4.74 Å². The minimum atomic E-state index is -0.652. The molecule has 8 nitrogen and oxygen atoms in total. The van der Waals surface area contributed by atoms with E-state index in [1.54, 1.807) is 6.92 Å². The number of hydrogen-bond donors (Lipinski definition) is 3. The first-order valence-electron chi connectivity index (χ1n) is 7.88. The number of carbonyl (C=O) groups excluding carboxylic acids is 1. The van der Waals surface area contributed by atoms with Crippen LogP contribution in [0, 0.1) is 13.8 Å². The van der Waals surface area contributed by atoms with Gasteiger partial charge in [0, 0.05) is 18.3 Å². The molecule has 1 aromatic heterocycles. The highest BCUT2D eigenvalue weighted by Crippen LogP contribution is 2.24. The number of amidine groups is 1. The fraction of sp³-hybridized carbons (Fsp3) is 0.353. The molecule has 2 aromatic rings. The van der Waals surface area contributed by atoms with Gasteiger partial charge in [0.2, 0.25) is 0 Å². The van der Waals surface area contributed by atoms with E-state index in [1.165, 1.54) is 6.26 Å². The summed E-state index contributed by atoms with van der Waals surface area (Å²) >= 11 is 0. The van der Waals surface area contributed by atoms with Crippen molar-refractivity contribution >= 4 is 23.1 Å². The van der Waals surface area contributed by atoms with Crippen LogP contribution in [0.3, 0.4) is 0 Å². The summed E-state index contributed by atoms with van der Waals surface area (Å²) in [6.07, 6.45) is 1.33. The molecule has 0 radical (unpaired) electrons. The number of nitrogens with two attached hydrogens (primary N) is 1. The molecule has 0 aliphatic carbocycles. The van der Waals surface area contributed by atoms with Crippen LogP contribution in [-0.4, -0.2) is 35.6 Å². The maximum Gasteiger partial charge on any atom is 0.277 e. The third-order valence-electron chi connectivity index (χ3n) is 3.62. The quantitative estimate of drug-likeness (QED) is 0.783. The van der Waals surface area contributed by atoms with E-state index in [0.29, 0.717) is 30.6 Å². The number of aromatic nitrogens is 1. The van der Waals surface area contributed by atoms with Gasteiger partial charge in [-0.3, -0.25) is 4.79 Å². The maximum atomic E-state index is 12.2. The van der Waals surface area contributed by atoms with Crippen molar-refractivity contribution in [1.29, 1.82) is 0 Å². The van der Waals surface area contributed by atoms with E-state index < -0.39 is 5.66 Å². The number of nitrogens with one attached hydrogen (secondary N) is 2. The summed E-state index contributed by atoms with van der Waals surface area (Å²) in [5, 5.41) is 6.13. The Balaban J connectivity index is 1.78. The Kier molecular flexibility index (Phi) is 4.45.